The second kappa shape index (κ2) is 5.72. The molecule has 2 heterocycles. The van der Waals surface area contributed by atoms with Crippen LogP contribution < -0.4 is 10.6 Å². The highest BCUT2D eigenvalue weighted by Gasteiger charge is 2.37. The van der Waals surface area contributed by atoms with Crippen LogP contribution in [-0.4, -0.2) is 23.1 Å². The van der Waals surface area contributed by atoms with Crippen molar-refractivity contribution in [1.29, 1.82) is 0 Å². The van der Waals surface area contributed by atoms with Crippen molar-refractivity contribution in [2.75, 3.05) is 0 Å². The SMILES string of the molecule is O=C1NC(CCc2nc3ccccc3o2)NC2CCCCC12. The number of nitrogens with one attached hydrogen (secondary N) is 2. The topological polar surface area (TPSA) is 67.2 Å². The summed E-state index contributed by atoms with van der Waals surface area (Å²) >= 11 is 0. The number of para-hydroxylation sites is 2. The fourth-order valence-electron chi connectivity index (χ4n) is 3.67. The number of rotatable bonds is 3. The van der Waals surface area contributed by atoms with Crippen LogP contribution in [0.4, 0.5) is 0 Å². The lowest BCUT2D eigenvalue weighted by molar-refractivity contribution is -0.130. The van der Waals surface area contributed by atoms with Gasteiger partial charge in [-0.1, -0.05) is 25.0 Å². The first-order valence-electron chi connectivity index (χ1n) is 8.20. The Morgan fingerprint density at radius 1 is 1.23 bits per heavy atom. The van der Waals surface area contributed by atoms with Crippen molar-refractivity contribution in [2.45, 2.75) is 50.7 Å². The number of oxazole rings is 1. The summed E-state index contributed by atoms with van der Waals surface area (Å²) < 4.78 is 5.74. The van der Waals surface area contributed by atoms with Gasteiger partial charge in [0.15, 0.2) is 11.5 Å². The van der Waals surface area contributed by atoms with Crippen LogP contribution >= 0.6 is 0 Å². The van der Waals surface area contributed by atoms with Gasteiger partial charge in [-0.25, -0.2) is 4.98 Å². The monoisotopic (exact) mass is 299 g/mol. The average Bonchev–Trinajstić information content (AvgIpc) is 2.96. The highest BCUT2D eigenvalue weighted by Crippen LogP contribution is 2.27. The van der Waals surface area contributed by atoms with Crippen LogP contribution in [0.3, 0.4) is 0 Å². The Labute approximate surface area is 129 Å². The first-order valence-corrected chi connectivity index (χ1v) is 8.20. The molecule has 1 aliphatic heterocycles. The van der Waals surface area contributed by atoms with E-state index in [-0.39, 0.29) is 18.0 Å². The summed E-state index contributed by atoms with van der Waals surface area (Å²) in [5.74, 6) is 1.11. The van der Waals surface area contributed by atoms with E-state index in [1.165, 1.54) is 12.8 Å². The van der Waals surface area contributed by atoms with E-state index in [0.29, 0.717) is 6.04 Å². The number of nitrogens with zero attached hydrogens (tertiary/aromatic N) is 1. The van der Waals surface area contributed by atoms with Crippen molar-refractivity contribution >= 4 is 17.0 Å². The Balaban J connectivity index is 1.40. The van der Waals surface area contributed by atoms with E-state index in [4.69, 9.17) is 4.42 Å². The molecular formula is C17H21N3O2. The van der Waals surface area contributed by atoms with Gasteiger partial charge in [-0.05, 0) is 31.4 Å². The van der Waals surface area contributed by atoms with E-state index in [0.717, 1.165) is 42.7 Å². The molecule has 4 rings (SSSR count). The predicted octanol–water partition coefficient (Wildman–Crippen LogP) is 2.36. The van der Waals surface area contributed by atoms with E-state index in [2.05, 4.69) is 15.6 Å². The van der Waals surface area contributed by atoms with Gasteiger partial charge in [0.2, 0.25) is 5.91 Å². The molecule has 0 radical (unpaired) electrons. The lowest BCUT2D eigenvalue weighted by Crippen LogP contribution is -2.62. The lowest BCUT2D eigenvalue weighted by atomic mass is 9.82. The third-order valence-corrected chi connectivity index (χ3v) is 4.82. The summed E-state index contributed by atoms with van der Waals surface area (Å²) in [5.41, 5.74) is 1.72. The molecular weight excluding hydrogens is 278 g/mol. The second-order valence-corrected chi connectivity index (χ2v) is 6.34. The standard InChI is InChI=1S/C17H21N3O2/c21-17-11-5-1-2-6-12(11)18-15(20-17)9-10-16-19-13-7-3-4-8-14(13)22-16/h3-4,7-8,11-12,15,18H,1-2,5-6,9-10H2,(H,20,21). The number of aryl methyl sites for hydroxylation is 1. The molecule has 2 aromatic rings. The number of amides is 1. The van der Waals surface area contributed by atoms with Gasteiger partial charge in [-0.3, -0.25) is 10.1 Å². The molecule has 1 amide bonds. The molecule has 1 aromatic heterocycles. The van der Waals surface area contributed by atoms with Gasteiger partial charge in [-0.15, -0.1) is 0 Å². The van der Waals surface area contributed by atoms with Crippen LogP contribution in [0.15, 0.2) is 28.7 Å². The Kier molecular flexibility index (Phi) is 3.58. The van der Waals surface area contributed by atoms with E-state index < -0.39 is 0 Å². The van der Waals surface area contributed by atoms with Crippen molar-refractivity contribution in [3.63, 3.8) is 0 Å². The van der Waals surface area contributed by atoms with Gasteiger partial charge in [0.1, 0.15) is 5.52 Å². The number of benzene rings is 1. The van der Waals surface area contributed by atoms with Crippen molar-refractivity contribution in [1.82, 2.24) is 15.6 Å². The fraction of sp³-hybridized carbons (Fsp3) is 0.529. The van der Waals surface area contributed by atoms with Crippen LogP contribution in [0, 0.1) is 5.92 Å². The zero-order valence-corrected chi connectivity index (χ0v) is 12.5. The number of hydrogen-bond acceptors (Lipinski definition) is 4. The van der Waals surface area contributed by atoms with Crippen LogP contribution in [-0.2, 0) is 11.2 Å². The molecule has 2 N–H and O–H groups in total. The molecule has 5 nitrogen and oxygen atoms in total. The number of aromatic nitrogens is 1. The minimum Gasteiger partial charge on any atom is -0.441 e. The van der Waals surface area contributed by atoms with E-state index in [1.807, 2.05) is 24.3 Å². The van der Waals surface area contributed by atoms with Crippen molar-refractivity contribution < 1.29 is 9.21 Å². The van der Waals surface area contributed by atoms with Gasteiger partial charge in [0, 0.05) is 12.5 Å². The molecule has 0 spiro atoms. The lowest BCUT2D eigenvalue weighted by Gasteiger charge is -2.40. The smallest absolute Gasteiger partial charge is 0.225 e. The van der Waals surface area contributed by atoms with Crippen molar-refractivity contribution in [3.05, 3.63) is 30.2 Å². The van der Waals surface area contributed by atoms with Crippen LogP contribution in [0.2, 0.25) is 0 Å². The Bertz CT molecular complexity index is 648. The first-order chi connectivity index (χ1) is 10.8. The van der Waals surface area contributed by atoms with Gasteiger partial charge in [-0.2, -0.15) is 0 Å². The second-order valence-electron chi connectivity index (χ2n) is 6.34. The maximum absolute atomic E-state index is 12.2. The third kappa shape index (κ3) is 2.61. The molecule has 3 atom stereocenters. The zero-order valence-electron chi connectivity index (χ0n) is 12.5. The molecule has 1 aliphatic carbocycles. The summed E-state index contributed by atoms with van der Waals surface area (Å²) in [4.78, 5) is 16.7. The quantitative estimate of drug-likeness (QED) is 0.913. The van der Waals surface area contributed by atoms with Gasteiger partial charge >= 0.3 is 0 Å². The molecule has 116 valence electrons. The molecule has 0 bridgehead atoms. The van der Waals surface area contributed by atoms with Gasteiger partial charge in [0.05, 0.1) is 12.1 Å². The predicted molar refractivity (Wildman–Crippen MR) is 83.1 cm³/mol. The van der Waals surface area contributed by atoms with Crippen LogP contribution in [0.5, 0.6) is 0 Å². The van der Waals surface area contributed by atoms with E-state index in [1.54, 1.807) is 0 Å². The average molecular weight is 299 g/mol. The fourth-order valence-corrected chi connectivity index (χ4v) is 3.67. The van der Waals surface area contributed by atoms with Gasteiger partial charge in [0.25, 0.3) is 0 Å². The summed E-state index contributed by atoms with van der Waals surface area (Å²) in [5, 5.41) is 6.69. The zero-order chi connectivity index (χ0) is 14.9. The van der Waals surface area contributed by atoms with Crippen molar-refractivity contribution in [2.24, 2.45) is 5.92 Å². The van der Waals surface area contributed by atoms with E-state index in [9.17, 15) is 4.79 Å². The molecule has 2 fully saturated rings. The van der Waals surface area contributed by atoms with Crippen LogP contribution in [0.25, 0.3) is 11.1 Å². The molecule has 5 heteroatoms. The molecule has 22 heavy (non-hydrogen) atoms. The largest absolute Gasteiger partial charge is 0.441 e. The Hall–Kier alpha value is -1.88. The molecule has 3 unspecified atom stereocenters. The number of hydrogen-bond donors (Lipinski definition) is 2. The normalized spacial score (nSPS) is 28.4. The maximum atomic E-state index is 12.2. The molecule has 2 aliphatic rings. The van der Waals surface area contributed by atoms with Crippen molar-refractivity contribution in [3.8, 4) is 0 Å². The van der Waals surface area contributed by atoms with Gasteiger partial charge < -0.3 is 9.73 Å². The Morgan fingerprint density at radius 2 is 2.09 bits per heavy atom. The summed E-state index contributed by atoms with van der Waals surface area (Å²) in [7, 11) is 0. The van der Waals surface area contributed by atoms with E-state index >= 15 is 0 Å². The summed E-state index contributed by atoms with van der Waals surface area (Å²) in [6, 6.07) is 8.13. The van der Waals surface area contributed by atoms with Crippen LogP contribution in [0.1, 0.15) is 38.0 Å². The first kappa shape index (κ1) is 13.8. The minimum atomic E-state index is 0.0295. The Morgan fingerprint density at radius 3 is 3.00 bits per heavy atom. The molecule has 1 saturated carbocycles. The summed E-state index contributed by atoms with van der Waals surface area (Å²) in [6.45, 7) is 0. The maximum Gasteiger partial charge on any atom is 0.225 e. The number of carbonyl (C=O) groups excluding carboxylic acids is 1. The third-order valence-electron chi connectivity index (χ3n) is 4.82. The highest BCUT2D eigenvalue weighted by atomic mass is 16.3. The number of fused-ring (bicyclic) bond motifs is 2. The minimum absolute atomic E-state index is 0.0295. The molecule has 1 saturated heterocycles. The summed E-state index contributed by atoms with van der Waals surface area (Å²) in [6.07, 6.45) is 6.08. The molecule has 1 aromatic carbocycles. The number of carbonyl (C=O) groups is 1. The highest BCUT2D eigenvalue weighted by molar-refractivity contribution is 5.80.